The third kappa shape index (κ3) is 3.56. The Morgan fingerprint density at radius 2 is 1.47 bits per heavy atom. The van der Waals surface area contributed by atoms with E-state index in [0.717, 1.165) is 16.9 Å². The van der Waals surface area contributed by atoms with Gasteiger partial charge in [0, 0.05) is 19.8 Å². The molecule has 0 saturated heterocycles. The molecule has 0 aliphatic rings. The van der Waals surface area contributed by atoms with E-state index in [2.05, 4.69) is 12.1 Å². The van der Waals surface area contributed by atoms with Gasteiger partial charge in [0.25, 0.3) is 0 Å². The first-order valence-electron chi connectivity index (χ1n) is 6.18. The normalized spacial score (nSPS) is 10.7. The largest absolute Gasteiger partial charge is 0.488 e. The molecule has 0 heterocycles. The van der Waals surface area contributed by atoms with Crippen LogP contribution in [0.15, 0.2) is 54.6 Å². The summed E-state index contributed by atoms with van der Waals surface area (Å²) in [5.74, 6) is 0.827. The average Bonchev–Trinajstić information content (AvgIpc) is 2.49. The van der Waals surface area contributed by atoms with Gasteiger partial charge in [-0.05, 0) is 11.6 Å². The van der Waals surface area contributed by atoms with Gasteiger partial charge in [-0.25, -0.2) is 0 Å². The maximum Gasteiger partial charge on any atom is 0.191 e. The van der Waals surface area contributed by atoms with Crippen molar-refractivity contribution in [3.63, 3.8) is 0 Å². The molecule has 19 heavy (non-hydrogen) atoms. The molecule has 2 aromatic rings. The van der Waals surface area contributed by atoms with E-state index in [1.54, 1.807) is 14.2 Å². The van der Waals surface area contributed by atoms with E-state index in [1.165, 1.54) is 0 Å². The third-order valence-corrected chi connectivity index (χ3v) is 2.87. The highest BCUT2D eigenvalue weighted by Crippen LogP contribution is 2.29. The predicted octanol–water partition coefficient (Wildman–Crippen LogP) is 3.35. The van der Waals surface area contributed by atoms with Gasteiger partial charge in [-0.15, -0.1) is 0 Å². The summed E-state index contributed by atoms with van der Waals surface area (Å²) < 4.78 is 16.0. The lowest BCUT2D eigenvalue weighted by molar-refractivity contribution is -0.121. The van der Waals surface area contributed by atoms with Crippen molar-refractivity contribution in [2.75, 3.05) is 20.8 Å². The summed E-state index contributed by atoms with van der Waals surface area (Å²) in [5, 5.41) is 0. The van der Waals surface area contributed by atoms with E-state index in [-0.39, 0.29) is 6.29 Å². The molecule has 0 unspecified atom stereocenters. The zero-order valence-electron chi connectivity index (χ0n) is 11.2. The van der Waals surface area contributed by atoms with Gasteiger partial charge < -0.3 is 14.2 Å². The zero-order chi connectivity index (χ0) is 13.5. The molecule has 0 fully saturated rings. The lowest BCUT2D eigenvalue weighted by Crippen LogP contribution is -2.22. The van der Waals surface area contributed by atoms with Gasteiger partial charge in [-0.3, -0.25) is 0 Å². The van der Waals surface area contributed by atoms with Crippen molar-refractivity contribution in [2.45, 2.75) is 6.29 Å². The molecular formula is C16H18O3. The maximum absolute atomic E-state index is 5.79. The van der Waals surface area contributed by atoms with Gasteiger partial charge in [0.05, 0.1) is 0 Å². The highest BCUT2D eigenvalue weighted by molar-refractivity contribution is 5.70. The molecule has 0 N–H and O–H groups in total. The van der Waals surface area contributed by atoms with Crippen LogP contribution in [0, 0.1) is 0 Å². The van der Waals surface area contributed by atoms with E-state index in [9.17, 15) is 0 Å². The lowest BCUT2D eigenvalue weighted by Gasteiger charge is -2.16. The van der Waals surface area contributed by atoms with Crippen molar-refractivity contribution in [3.8, 4) is 16.9 Å². The van der Waals surface area contributed by atoms with Crippen molar-refractivity contribution in [3.05, 3.63) is 54.6 Å². The number of hydrogen-bond acceptors (Lipinski definition) is 3. The van der Waals surface area contributed by atoms with Gasteiger partial charge >= 0.3 is 0 Å². The van der Waals surface area contributed by atoms with Crippen LogP contribution in [-0.4, -0.2) is 27.1 Å². The summed E-state index contributed by atoms with van der Waals surface area (Å²) in [6.45, 7) is 0.358. The molecule has 100 valence electrons. The van der Waals surface area contributed by atoms with Gasteiger partial charge in [-0.2, -0.15) is 0 Å². The summed E-state index contributed by atoms with van der Waals surface area (Å²) in [6.07, 6.45) is -0.358. The molecule has 0 aliphatic heterocycles. The number of methoxy groups -OCH3 is 2. The molecule has 2 rings (SSSR count). The second kappa shape index (κ2) is 6.92. The molecule has 0 aromatic heterocycles. The van der Waals surface area contributed by atoms with Gasteiger partial charge in [0.2, 0.25) is 0 Å². The molecule has 0 spiro atoms. The van der Waals surface area contributed by atoms with Gasteiger partial charge in [0.15, 0.2) is 6.29 Å². The molecule has 0 atom stereocenters. The molecule has 0 radical (unpaired) electrons. The van der Waals surface area contributed by atoms with Crippen molar-refractivity contribution in [1.82, 2.24) is 0 Å². The van der Waals surface area contributed by atoms with Crippen molar-refractivity contribution >= 4 is 0 Å². The quantitative estimate of drug-likeness (QED) is 0.744. The average molecular weight is 258 g/mol. The molecule has 0 aliphatic carbocycles. The van der Waals surface area contributed by atoms with E-state index in [0.29, 0.717) is 6.61 Å². The molecule has 3 heteroatoms. The predicted molar refractivity (Wildman–Crippen MR) is 75.2 cm³/mol. The zero-order valence-corrected chi connectivity index (χ0v) is 11.2. The smallest absolute Gasteiger partial charge is 0.191 e. The fourth-order valence-electron chi connectivity index (χ4n) is 1.84. The topological polar surface area (TPSA) is 27.7 Å². The van der Waals surface area contributed by atoms with E-state index in [4.69, 9.17) is 14.2 Å². The van der Waals surface area contributed by atoms with Crippen LogP contribution in [0.3, 0.4) is 0 Å². The van der Waals surface area contributed by atoms with Crippen LogP contribution in [0.25, 0.3) is 11.1 Å². The van der Waals surface area contributed by atoms with Crippen LogP contribution in [0.4, 0.5) is 0 Å². The molecule has 3 nitrogen and oxygen atoms in total. The minimum atomic E-state index is -0.358. The Kier molecular flexibility index (Phi) is 4.95. The van der Waals surface area contributed by atoms with Crippen molar-refractivity contribution in [2.24, 2.45) is 0 Å². The lowest BCUT2D eigenvalue weighted by atomic mass is 10.1. The highest BCUT2D eigenvalue weighted by Gasteiger charge is 2.09. The Morgan fingerprint density at radius 3 is 2.16 bits per heavy atom. The number of rotatable bonds is 6. The molecular weight excluding hydrogens is 240 g/mol. The second-order valence-corrected chi connectivity index (χ2v) is 4.07. The van der Waals surface area contributed by atoms with Crippen LogP contribution in [-0.2, 0) is 9.47 Å². The minimum Gasteiger partial charge on any atom is -0.488 e. The van der Waals surface area contributed by atoms with Crippen molar-refractivity contribution in [1.29, 1.82) is 0 Å². The molecule has 0 bridgehead atoms. The number of para-hydroxylation sites is 1. The summed E-state index contributed by atoms with van der Waals surface area (Å²) >= 11 is 0. The third-order valence-electron chi connectivity index (χ3n) is 2.87. The fraction of sp³-hybridized carbons (Fsp3) is 0.250. The Labute approximate surface area is 113 Å². The molecule has 0 saturated carbocycles. The van der Waals surface area contributed by atoms with Crippen LogP contribution < -0.4 is 4.74 Å². The Balaban J connectivity index is 2.17. The van der Waals surface area contributed by atoms with Crippen LogP contribution in [0.5, 0.6) is 5.75 Å². The highest BCUT2D eigenvalue weighted by atomic mass is 16.7. The van der Waals surface area contributed by atoms with E-state index < -0.39 is 0 Å². The van der Waals surface area contributed by atoms with Crippen molar-refractivity contribution < 1.29 is 14.2 Å². The SMILES string of the molecule is COC(COc1ccccc1-c1ccccc1)OC. The summed E-state index contributed by atoms with van der Waals surface area (Å²) in [4.78, 5) is 0. The second-order valence-electron chi connectivity index (χ2n) is 4.07. The first-order valence-corrected chi connectivity index (χ1v) is 6.18. The van der Waals surface area contributed by atoms with Crippen LogP contribution >= 0.6 is 0 Å². The van der Waals surface area contributed by atoms with Crippen LogP contribution in [0.1, 0.15) is 0 Å². The maximum atomic E-state index is 5.79. The van der Waals surface area contributed by atoms with Crippen LogP contribution in [0.2, 0.25) is 0 Å². The van der Waals surface area contributed by atoms with Gasteiger partial charge in [0.1, 0.15) is 12.4 Å². The summed E-state index contributed by atoms with van der Waals surface area (Å²) in [7, 11) is 3.20. The first kappa shape index (κ1) is 13.6. The Bertz CT molecular complexity index is 492. The minimum absolute atomic E-state index is 0.358. The Morgan fingerprint density at radius 1 is 0.842 bits per heavy atom. The molecule has 2 aromatic carbocycles. The monoisotopic (exact) mass is 258 g/mol. The fourth-order valence-corrected chi connectivity index (χ4v) is 1.84. The number of hydrogen-bond donors (Lipinski definition) is 0. The Hall–Kier alpha value is -1.84. The molecule has 0 amide bonds. The number of ether oxygens (including phenoxy) is 3. The summed E-state index contributed by atoms with van der Waals surface area (Å²) in [6, 6.07) is 18.1. The standard InChI is InChI=1S/C16H18O3/c1-17-16(18-2)12-19-15-11-7-6-10-14(15)13-8-4-3-5-9-13/h3-11,16H,12H2,1-2H3. The van der Waals surface area contributed by atoms with E-state index in [1.807, 2.05) is 42.5 Å². The first-order chi connectivity index (χ1) is 9.35. The van der Waals surface area contributed by atoms with Gasteiger partial charge in [-0.1, -0.05) is 48.5 Å². The van der Waals surface area contributed by atoms with E-state index >= 15 is 0 Å². The summed E-state index contributed by atoms with van der Waals surface area (Å²) in [5.41, 5.74) is 2.19. The number of benzene rings is 2.